The van der Waals surface area contributed by atoms with E-state index in [0.717, 1.165) is 36.6 Å². The first-order valence-electron chi connectivity index (χ1n) is 4.87. The number of rotatable bonds is 2. The number of fused-ring (bicyclic) bond motifs is 1. The van der Waals surface area contributed by atoms with Gasteiger partial charge in [-0.25, -0.2) is 4.98 Å². The van der Waals surface area contributed by atoms with Crippen molar-refractivity contribution >= 4 is 51.3 Å². The van der Waals surface area contributed by atoms with Crippen molar-refractivity contribution in [3.8, 4) is 0 Å². The standard InChI is InChI=1S/C11H11N3S3/c1-6(12)9(17-13)10-14-8-5-3-2-4-7(8)11(15)16-10/h2-5H,12-13H2,1H3/b9-6-. The molecule has 2 aromatic rings. The van der Waals surface area contributed by atoms with E-state index in [-0.39, 0.29) is 0 Å². The molecule has 0 saturated heterocycles. The lowest BCUT2D eigenvalue weighted by Crippen LogP contribution is -1.98. The van der Waals surface area contributed by atoms with Crippen molar-refractivity contribution < 1.29 is 0 Å². The van der Waals surface area contributed by atoms with Crippen LogP contribution < -0.4 is 10.9 Å². The van der Waals surface area contributed by atoms with Crippen LogP contribution in [0.4, 0.5) is 0 Å². The molecule has 1 heterocycles. The number of hydrogen-bond acceptors (Lipinski definition) is 6. The zero-order valence-electron chi connectivity index (χ0n) is 9.14. The number of nitrogens with two attached hydrogens (primary N) is 2. The molecule has 0 amide bonds. The Morgan fingerprint density at radius 1 is 1.41 bits per heavy atom. The summed E-state index contributed by atoms with van der Waals surface area (Å²) in [6.07, 6.45) is 0. The molecule has 0 bridgehead atoms. The first-order valence-corrected chi connectivity index (χ1v) is 6.97. The third kappa shape index (κ3) is 2.50. The molecule has 17 heavy (non-hydrogen) atoms. The second kappa shape index (κ2) is 5.14. The molecule has 0 atom stereocenters. The van der Waals surface area contributed by atoms with Gasteiger partial charge in [-0.1, -0.05) is 30.4 Å². The molecule has 0 unspecified atom stereocenters. The molecule has 4 N–H and O–H groups in total. The Bertz CT molecular complexity index is 642. The van der Waals surface area contributed by atoms with Crippen molar-refractivity contribution in [3.05, 3.63) is 38.8 Å². The number of hydrogen-bond donors (Lipinski definition) is 2. The summed E-state index contributed by atoms with van der Waals surface area (Å²) in [7, 11) is 0. The summed E-state index contributed by atoms with van der Waals surface area (Å²) in [6.45, 7) is 1.81. The van der Waals surface area contributed by atoms with Gasteiger partial charge in [-0.3, -0.25) is 5.14 Å². The Labute approximate surface area is 113 Å². The maximum Gasteiger partial charge on any atom is 0.134 e. The van der Waals surface area contributed by atoms with Gasteiger partial charge in [0.25, 0.3) is 0 Å². The summed E-state index contributed by atoms with van der Waals surface area (Å²) < 4.78 is 0.804. The van der Waals surface area contributed by atoms with E-state index in [0.29, 0.717) is 5.70 Å². The monoisotopic (exact) mass is 281 g/mol. The number of benzene rings is 1. The Morgan fingerprint density at radius 2 is 2.12 bits per heavy atom. The molecule has 0 aliphatic carbocycles. The molecule has 0 fully saturated rings. The van der Waals surface area contributed by atoms with Crippen LogP contribution in [-0.2, 0) is 0 Å². The van der Waals surface area contributed by atoms with Gasteiger partial charge >= 0.3 is 0 Å². The number of aromatic nitrogens is 1. The molecule has 1 aromatic heterocycles. The Balaban J connectivity index is 2.74. The maximum atomic E-state index is 5.78. The normalized spacial score (nSPS) is 12.6. The fourth-order valence-corrected chi connectivity index (χ4v) is 3.29. The Morgan fingerprint density at radius 3 is 2.76 bits per heavy atom. The van der Waals surface area contributed by atoms with Crippen LogP contribution in [0, 0.1) is 3.82 Å². The molecule has 0 spiro atoms. The Kier molecular flexibility index (Phi) is 3.78. The SMILES string of the molecule is C/C(N)=C(/SN)c1nc2ccccc2c(=S)s1. The molecule has 1 aromatic carbocycles. The average molecular weight is 281 g/mol. The van der Waals surface area contributed by atoms with Gasteiger partial charge in [-0.2, -0.15) is 0 Å². The van der Waals surface area contributed by atoms with Crippen LogP contribution in [0.1, 0.15) is 11.9 Å². The fourth-order valence-electron chi connectivity index (χ4n) is 1.43. The van der Waals surface area contributed by atoms with Gasteiger partial charge in [-0.15, -0.1) is 11.3 Å². The lowest BCUT2D eigenvalue weighted by Gasteiger charge is -2.06. The van der Waals surface area contributed by atoms with E-state index in [1.165, 1.54) is 11.3 Å². The van der Waals surface area contributed by atoms with Crippen molar-refractivity contribution in [2.75, 3.05) is 0 Å². The highest BCUT2D eigenvalue weighted by molar-refractivity contribution is 8.06. The largest absolute Gasteiger partial charge is 0.401 e. The highest BCUT2D eigenvalue weighted by Crippen LogP contribution is 2.29. The predicted molar refractivity (Wildman–Crippen MR) is 79.0 cm³/mol. The van der Waals surface area contributed by atoms with Gasteiger partial charge in [0.1, 0.15) is 8.83 Å². The minimum absolute atomic E-state index is 0.658. The van der Waals surface area contributed by atoms with E-state index in [4.69, 9.17) is 23.1 Å². The number of para-hydroxylation sites is 1. The average Bonchev–Trinajstić information content (AvgIpc) is 2.29. The summed E-state index contributed by atoms with van der Waals surface area (Å²) in [6, 6.07) is 7.80. The van der Waals surface area contributed by atoms with Crippen LogP contribution in [0.15, 0.2) is 30.0 Å². The van der Waals surface area contributed by atoms with Gasteiger partial charge in [0.05, 0.1) is 10.4 Å². The smallest absolute Gasteiger partial charge is 0.134 e. The lowest BCUT2D eigenvalue weighted by molar-refractivity contribution is 1.32. The first-order chi connectivity index (χ1) is 8.13. The lowest BCUT2D eigenvalue weighted by atomic mass is 10.3. The van der Waals surface area contributed by atoms with Crippen LogP contribution in [-0.4, -0.2) is 4.98 Å². The molecule has 0 aliphatic rings. The zero-order chi connectivity index (χ0) is 12.4. The third-order valence-electron chi connectivity index (χ3n) is 2.21. The van der Waals surface area contributed by atoms with Gasteiger partial charge < -0.3 is 5.73 Å². The minimum Gasteiger partial charge on any atom is -0.401 e. The van der Waals surface area contributed by atoms with Crippen LogP contribution in [0.25, 0.3) is 15.8 Å². The van der Waals surface area contributed by atoms with Crippen molar-refractivity contribution in [3.63, 3.8) is 0 Å². The van der Waals surface area contributed by atoms with E-state index in [1.807, 2.05) is 31.2 Å². The first kappa shape index (κ1) is 12.5. The van der Waals surface area contributed by atoms with E-state index in [2.05, 4.69) is 4.98 Å². The predicted octanol–water partition coefficient (Wildman–Crippen LogP) is 3.28. The summed E-state index contributed by atoms with van der Waals surface area (Å²) >= 11 is 7.90. The molecule has 88 valence electrons. The quantitative estimate of drug-likeness (QED) is 0.653. The summed E-state index contributed by atoms with van der Waals surface area (Å²) in [4.78, 5) is 5.33. The molecule has 0 saturated carbocycles. The van der Waals surface area contributed by atoms with Gasteiger partial charge in [-0.05, 0) is 24.9 Å². The van der Waals surface area contributed by atoms with Gasteiger partial charge in [0.2, 0.25) is 0 Å². The van der Waals surface area contributed by atoms with Gasteiger partial charge in [0.15, 0.2) is 0 Å². The highest BCUT2D eigenvalue weighted by Gasteiger charge is 2.08. The minimum atomic E-state index is 0.658. The van der Waals surface area contributed by atoms with E-state index in [9.17, 15) is 0 Å². The molecule has 0 aliphatic heterocycles. The molecule has 0 radical (unpaired) electrons. The maximum absolute atomic E-state index is 5.78. The topological polar surface area (TPSA) is 64.9 Å². The van der Waals surface area contributed by atoms with Crippen LogP contribution >= 0.6 is 35.5 Å². The second-order valence-corrected chi connectivity index (χ2v) is 5.76. The second-order valence-electron chi connectivity index (χ2n) is 3.45. The van der Waals surface area contributed by atoms with E-state index < -0.39 is 0 Å². The van der Waals surface area contributed by atoms with Crippen molar-refractivity contribution in [1.82, 2.24) is 4.98 Å². The highest BCUT2D eigenvalue weighted by atomic mass is 32.2. The third-order valence-corrected chi connectivity index (χ3v) is 4.45. The summed E-state index contributed by atoms with van der Waals surface area (Å²) in [5.41, 5.74) is 7.32. The molecule has 6 heteroatoms. The van der Waals surface area contributed by atoms with Crippen molar-refractivity contribution in [2.24, 2.45) is 10.9 Å². The number of allylic oxidation sites excluding steroid dienone is 1. The van der Waals surface area contributed by atoms with E-state index >= 15 is 0 Å². The van der Waals surface area contributed by atoms with Gasteiger partial charge in [0, 0.05) is 11.1 Å². The van der Waals surface area contributed by atoms with E-state index in [1.54, 1.807) is 0 Å². The van der Waals surface area contributed by atoms with Crippen LogP contribution in [0.5, 0.6) is 0 Å². The molecule has 2 rings (SSSR count). The zero-order valence-corrected chi connectivity index (χ0v) is 11.6. The Hall–Kier alpha value is -0.950. The van der Waals surface area contributed by atoms with Crippen molar-refractivity contribution in [1.29, 1.82) is 0 Å². The molecular weight excluding hydrogens is 270 g/mol. The fraction of sp³-hybridized carbons (Fsp3) is 0.0909. The summed E-state index contributed by atoms with van der Waals surface area (Å²) in [5, 5.41) is 7.38. The molecular formula is C11H11N3S3. The molecule has 3 nitrogen and oxygen atoms in total. The number of nitrogens with zero attached hydrogens (tertiary/aromatic N) is 1. The van der Waals surface area contributed by atoms with Crippen LogP contribution in [0.3, 0.4) is 0 Å². The van der Waals surface area contributed by atoms with Crippen molar-refractivity contribution in [2.45, 2.75) is 6.92 Å². The summed E-state index contributed by atoms with van der Waals surface area (Å²) in [5.74, 6) is 0. The van der Waals surface area contributed by atoms with Crippen LogP contribution in [0.2, 0.25) is 0 Å².